The van der Waals surface area contributed by atoms with E-state index in [1.54, 1.807) is 0 Å². The number of anilines is 1. The molecule has 25 heavy (non-hydrogen) atoms. The third-order valence-corrected chi connectivity index (χ3v) is 5.43. The van der Waals surface area contributed by atoms with Crippen molar-refractivity contribution in [3.8, 4) is 0 Å². The van der Waals surface area contributed by atoms with E-state index >= 15 is 0 Å². The lowest BCUT2D eigenvalue weighted by Crippen LogP contribution is -2.03. The van der Waals surface area contributed by atoms with Crippen LogP contribution in [-0.2, 0) is 24.1 Å². The zero-order chi connectivity index (χ0) is 17.4. The summed E-state index contributed by atoms with van der Waals surface area (Å²) in [7, 11) is 0. The molecule has 4 rings (SSSR count). The summed E-state index contributed by atoms with van der Waals surface area (Å²) in [6.45, 7) is 4.32. The van der Waals surface area contributed by atoms with Gasteiger partial charge in [0.2, 0.25) is 0 Å². The van der Waals surface area contributed by atoms with Crippen molar-refractivity contribution in [1.82, 2.24) is 0 Å². The molecule has 130 valence electrons. The summed E-state index contributed by atoms with van der Waals surface area (Å²) in [6, 6.07) is 6.31. The maximum atomic E-state index is 12.5. The van der Waals surface area contributed by atoms with Crippen LogP contribution in [0.1, 0.15) is 66.4 Å². The molecule has 1 amide bonds. The molecule has 0 spiro atoms. The number of nitrogens with one attached hydrogen (secondary N) is 1. The molecule has 0 radical (unpaired) electrons. The topological polar surface area (TPSA) is 42.2 Å². The minimum absolute atomic E-state index is 0.0311. The number of amides is 1. The van der Waals surface area contributed by atoms with Crippen molar-refractivity contribution in [3.05, 3.63) is 52.0 Å². The van der Waals surface area contributed by atoms with Gasteiger partial charge in [0.05, 0.1) is 5.57 Å². The van der Waals surface area contributed by atoms with Gasteiger partial charge in [-0.1, -0.05) is 19.4 Å². The molecule has 0 saturated carbocycles. The van der Waals surface area contributed by atoms with Crippen LogP contribution in [-0.4, -0.2) is 5.91 Å². The zero-order valence-corrected chi connectivity index (χ0v) is 15.1. The average Bonchev–Trinajstić information content (AvgIpc) is 3.11. The first-order valence-electron chi connectivity index (χ1n) is 9.45. The molecular weight excluding hydrogens is 310 g/mol. The lowest BCUT2D eigenvalue weighted by atomic mass is 9.95. The van der Waals surface area contributed by atoms with E-state index in [4.69, 9.17) is 4.42 Å². The predicted molar refractivity (Wildman–Crippen MR) is 102 cm³/mol. The normalized spacial score (nSPS) is 17.5. The number of benzene rings is 1. The monoisotopic (exact) mass is 335 g/mol. The van der Waals surface area contributed by atoms with E-state index in [1.165, 1.54) is 42.4 Å². The Labute approximate surface area is 149 Å². The molecule has 0 fully saturated rings. The van der Waals surface area contributed by atoms with Crippen LogP contribution < -0.4 is 5.32 Å². The number of aryl methyl sites for hydroxylation is 2. The molecule has 2 aromatic rings. The molecule has 2 heterocycles. The number of hydrogen-bond donors (Lipinski definition) is 1. The summed E-state index contributed by atoms with van der Waals surface area (Å²) < 4.78 is 6.10. The minimum atomic E-state index is -0.0311. The molecule has 1 N–H and O–H groups in total. The van der Waals surface area contributed by atoms with E-state index in [1.807, 2.05) is 12.1 Å². The molecule has 0 saturated heterocycles. The second-order valence-electron chi connectivity index (χ2n) is 7.20. The van der Waals surface area contributed by atoms with Gasteiger partial charge >= 0.3 is 0 Å². The van der Waals surface area contributed by atoms with E-state index in [2.05, 4.69) is 31.3 Å². The SMILES string of the molecule is CCCCc1ccc2c(c1)C(=Cc1oc3c(c1C)CCCC3)C(=O)N2. The van der Waals surface area contributed by atoms with Crippen LogP contribution in [0, 0.1) is 6.92 Å². The van der Waals surface area contributed by atoms with Crippen LogP contribution in [0.4, 0.5) is 5.69 Å². The highest BCUT2D eigenvalue weighted by molar-refractivity contribution is 6.34. The van der Waals surface area contributed by atoms with E-state index in [9.17, 15) is 4.79 Å². The molecular formula is C22H25NO2. The predicted octanol–water partition coefficient (Wildman–Crippen LogP) is 5.30. The molecule has 3 nitrogen and oxygen atoms in total. The van der Waals surface area contributed by atoms with Gasteiger partial charge in [0.15, 0.2) is 0 Å². The van der Waals surface area contributed by atoms with Gasteiger partial charge in [-0.15, -0.1) is 0 Å². The maximum Gasteiger partial charge on any atom is 0.256 e. The van der Waals surface area contributed by atoms with Crippen molar-refractivity contribution in [3.63, 3.8) is 0 Å². The van der Waals surface area contributed by atoms with Gasteiger partial charge in [-0.3, -0.25) is 4.79 Å². The fourth-order valence-corrected chi connectivity index (χ4v) is 3.93. The summed E-state index contributed by atoms with van der Waals surface area (Å²) in [5, 5.41) is 2.98. The Morgan fingerprint density at radius 3 is 2.88 bits per heavy atom. The average molecular weight is 335 g/mol. The smallest absolute Gasteiger partial charge is 0.256 e. The fraction of sp³-hybridized carbons (Fsp3) is 0.409. The Morgan fingerprint density at radius 1 is 1.24 bits per heavy atom. The Kier molecular flexibility index (Phi) is 4.24. The lowest BCUT2D eigenvalue weighted by molar-refractivity contribution is -0.110. The zero-order valence-electron chi connectivity index (χ0n) is 15.1. The van der Waals surface area contributed by atoms with Gasteiger partial charge in [0.25, 0.3) is 5.91 Å². The maximum absolute atomic E-state index is 12.5. The standard InChI is InChI=1S/C22H25NO2/c1-3-4-7-15-10-11-19-17(12-15)18(22(24)23-19)13-21-14(2)16-8-5-6-9-20(16)25-21/h10-13H,3-9H2,1-2H3,(H,23,24). The highest BCUT2D eigenvalue weighted by Gasteiger charge is 2.26. The van der Waals surface area contributed by atoms with Crippen molar-refractivity contribution in [2.45, 2.75) is 58.8 Å². The Morgan fingerprint density at radius 2 is 2.08 bits per heavy atom. The number of carbonyl (C=O) groups excluding carboxylic acids is 1. The molecule has 1 aromatic heterocycles. The highest BCUT2D eigenvalue weighted by atomic mass is 16.3. The van der Waals surface area contributed by atoms with Gasteiger partial charge in [-0.2, -0.15) is 0 Å². The quantitative estimate of drug-likeness (QED) is 0.770. The van der Waals surface area contributed by atoms with Crippen molar-refractivity contribution < 1.29 is 9.21 Å². The Balaban J connectivity index is 1.73. The molecule has 1 aliphatic carbocycles. The number of unbranched alkanes of at least 4 members (excludes halogenated alkanes) is 1. The summed E-state index contributed by atoms with van der Waals surface area (Å²) >= 11 is 0. The van der Waals surface area contributed by atoms with E-state index in [0.29, 0.717) is 0 Å². The second-order valence-corrected chi connectivity index (χ2v) is 7.20. The molecule has 3 heteroatoms. The van der Waals surface area contributed by atoms with Crippen molar-refractivity contribution in [1.29, 1.82) is 0 Å². The van der Waals surface area contributed by atoms with Gasteiger partial charge in [0, 0.05) is 17.7 Å². The number of hydrogen-bond acceptors (Lipinski definition) is 2. The highest BCUT2D eigenvalue weighted by Crippen LogP contribution is 2.36. The van der Waals surface area contributed by atoms with Crippen molar-refractivity contribution in [2.75, 3.05) is 5.32 Å². The number of furan rings is 1. The fourth-order valence-electron chi connectivity index (χ4n) is 3.93. The van der Waals surface area contributed by atoms with Crippen molar-refractivity contribution >= 4 is 23.2 Å². The van der Waals surface area contributed by atoms with Crippen LogP contribution in [0.25, 0.3) is 11.6 Å². The van der Waals surface area contributed by atoms with E-state index in [-0.39, 0.29) is 5.91 Å². The van der Waals surface area contributed by atoms with Crippen LogP contribution in [0.5, 0.6) is 0 Å². The summed E-state index contributed by atoms with van der Waals surface area (Å²) in [4.78, 5) is 12.5. The Hall–Kier alpha value is -2.29. The van der Waals surface area contributed by atoms with E-state index in [0.717, 1.165) is 47.6 Å². The summed E-state index contributed by atoms with van der Waals surface area (Å²) in [6.07, 6.45) is 9.88. The van der Waals surface area contributed by atoms with Crippen LogP contribution in [0.2, 0.25) is 0 Å². The van der Waals surface area contributed by atoms with Gasteiger partial charge < -0.3 is 9.73 Å². The molecule has 0 atom stereocenters. The first kappa shape index (κ1) is 16.2. The third kappa shape index (κ3) is 2.92. The Bertz CT molecular complexity index is 857. The molecule has 1 aliphatic heterocycles. The largest absolute Gasteiger partial charge is 0.461 e. The van der Waals surface area contributed by atoms with Gasteiger partial charge in [0.1, 0.15) is 11.5 Å². The van der Waals surface area contributed by atoms with Crippen LogP contribution in [0.15, 0.2) is 22.6 Å². The van der Waals surface area contributed by atoms with Gasteiger partial charge in [-0.25, -0.2) is 0 Å². The minimum Gasteiger partial charge on any atom is -0.461 e. The van der Waals surface area contributed by atoms with Crippen LogP contribution in [0.3, 0.4) is 0 Å². The second kappa shape index (κ2) is 6.55. The van der Waals surface area contributed by atoms with Gasteiger partial charge in [-0.05, 0) is 73.9 Å². The molecule has 1 aromatic carbocycles. The number of fused-ring (bicyclic) bond motifs is 2. The summed E-state index contributed by atoms with van der Waals surface area (Å²) in [5.74, 6) is 1.94. The molecule has 0 bridgehead atoms. The first-order chi connectivity index (χ1) is 12.2. The number of rotatable bonds is 4. The third-order valence-electron chi connectivity index (χ3n) is 5.43. The van der Waals surface area contributed by atoms with Crippen molar-refractivity contribution in [2.24, 2.45) is 0 Å². The summed E-state index contributed by atoms with van der Waals surface area (Å²) in [5.41, 5.74) is 6.48. The molecule has 2 aliphatic rings. The van der Waals surface area contributed by atoms with Crippen LogP contribution >= 0.6 is 0 Å². The molecule has 0 unspecified atom stereocenters. The lowest BCUT2D eigenvalue weighted by Gasteiger charge is -2.08. The van der Waals surface area contributed by atoms with E-state index < -0.39 is 0 Å². The first-order valence-corrected chi connectivity index (χ1v) is 9.45. The number of carbonyl (C=O) groups is 1.